The van der Waals surface area contributed by atoms with Crippen molar-refractivity contribution in [1.82, 2.24) is 14.8 Å². The molecular weight excluding hydrogens is 377 g/mol. The summed E-state index contributed by atoms with van der Waals surface area (Å²) in [6, 6.07) is 1.92. The van der Waals surface area contributed by atoms with E-state index in [2.05, 4.69) is 15.4 Å². The van der Waals surface area contributed by atoms with Gasteiger partial charge in [-0.2, -0.15) is 34.7 Å². The smallest absolute Gasteiger partial charge is 0.381 e. The van der Waals surface area contributed by atoms with Crippen molar-refractivity contribution in [2.45, 2.75) is 23.8 Å². The van der Waals surface area contributed by atoms with E-state index in [4.69, 9.17) is 11.6 Å². The van der Waals surface area contributed by atoms with E-state index in [-0.39, 0.29) is 15.6 Å². The normalized spacial score (nSPS) is 15.9. The van der Waals surface area contributed by atoms with Crippen molar-refractivity contribution in [3.63, 3.8) is 0 Å². The van der Waals surface area contributed by atoms with Crippen molar-refractivity contribution in [3.8, 4) is 5.82 Å². The highest BCUT2D eigenvalue weighted by Gasteiger charge is 2.41. The Bertz CT molecular complexity index is 834. The van der Waals surface area contributed by atoms with Crippen molar-refractivity contribution in [1.29, 1.82) is 0 Å². The minimum atomic E-state index is -4.49. The fourth-order valence-corrected chi connectivity index (χ4v) is 3.17. The average Bonchev–Trinajstić information content (AvgIpc) is 3.36. The molecule has 1 fully saturated rings. The summed E-state index contributed by atoms with van der Waals surface area (Å²) in [5.74, 6) is -0.0331. The van der Waals surface area contributed by atoms with E-state index in [0.717, 1.165) is 29.7 Å². The molecule has 0 atom stereocenters. The standard InChI is InChI=1S/C15H14ClF3N4OS/c1-25-14(4-5-14)8-21-10-7-22-23(13(24)12(10)16)11-3-2-9(6-20-11)15(17,18)19/h2-3,6-7,21H,4-5,8H2,1H3. The molecule has 0 unspecified atom stereocenters. The Balaban J connectivity index is 1.84. The molecule has 25 heavy (non-hydrogen) atoms. The summed E-state index contributed by atoms with van der Waals surface area (Å²) in [5.41, 5.74) is -1.15. The fourth-order valence-electron chi connectivity index (χ4n) is 2.25. The third kappa shape index (κ3) is 3.77. The Hall–Kier alpha value is -1.74. The number of nitrogens with zero attached hydrogens (tertiary/aromatic N) is 3. The molecule has 2 aromatic heterocycles. The van der Waals surface area contributed by atoms with Gasteiger partial charge >= 0.3 is 6.18 Å². The average molecular weight is 391 g/mol. The molecular formula is C15H14ClF3N4OS. The highest BCUT2D eigenvalue weighted by atomic mass is 35.5. The number of hydrogen-bond donors (Lipinski definition) is 1. The molecule has 0 bridgehead atoms. The van der Waals surface area contributed by atoms with Crippen LogP contribution in [0.1, 0.15) is 18.4 Å². The first-order valence-corrected chi connectivity index (χ1v) is 8.96. The Kier molecular flexibility index (Phi) is 4.72. The van der Waals surface area contributed by atoms with Crippen molar-refractivity contribution in [2.75, 3.05) is 18.1 Å². The summed E-state index contributed by atoms with van der Waals surface area (Å²) in [7, 11) is 0. The van der Waals surface area contributed by atoms with Crippen LogP contribution in [0.25, 0.3) is 5.82 Å². The highest BCUT2D eigenvalue weighted by Crippen LogP contribution is 2.47. The quantitative estimate of drug-likeness (QED) is 0.845. The van der Waals surface area contributed by atoms with Crippen LogP contribution in [0.2, 0.25) is 5.02 Å². The molecule has 0 radical (unpaired) electrons. The van der Waals surface area contributed by atoms with Gasteiger partial charge in [-0.1, -0.05) is 11.6 Å². The van der Waals surface area contributed by atoms with Crippen LogP contribution in [0, 0.1) is 0 Å². The van der Waals surface area contributed by atoms with Crippen molar-refractivity contribution in [2.24, 2.45) is 0 Å². The summed E-state index contributed by atoms with van der Waals surface area (Å²) in [5, 5.41) is 7.00. The number of rotatable bonds is 5. The van der Waals surface area contributed by atoms with Crippen LogP contribution >= 0.6 is 23.4 Å². The number of pyridine rings is 1. The van der Waals surface area contributed by atoms with Gasteiger partial charge in [0, 0.05) is 17.5 Å². The van der Waals surface area contributed by atoms with Gasteiger partial charge in [-0.25, -0.2) is 4.98 Å². The minimum absolute atomic E-state index is 0.0331. The van der Waals surface area contributed by atoms with Gasteiger partial charge in [-0.15, -0.1) is 0 Å². The zero-order chi connectivity index (χ0) is 18.2. The van der Waals surface area contributed by atoms with Crippen LogP contribution in [-0.2, 0) is 6.18 Å². The zero-order valence-electron chi connectivity index (χ0n) is 13.1. The predicted octanol–water partition coefficient (Wildman–Crippen LogP) is 3.61. The molecule has 0 saturated heterocycles. The van der Waals surface area contributed by atoms with Crippen molar-refractivity contribution >= 4 is 29.1 Å². The third-order valence-electron chi connectivity index (χ3n) is 4.05. The summed E-state index contributed by atoms with van der Waals surface area (Å²) in [6.07, 6.45) is 1.75. The van der Waals surface area contributed by atoms with Crippen molar-refractivity contribution in [3.05, 3.63) is 45.5 Å². The van der Waals surface area contributed by atoms with E-state index < -0.39 is 17.3 Å². The van der Waals surface area contributed by atoms with Crippen molar-refractivity contribution < 1.29 is 13.2 Å². The molecule has 0 amide bonds. The lowest BCUT2D eigenvalue weighted by Crippen LogP contribution is -2.25. The number of thioether (sulfide) groups is 1. The Morgan fingerprint density at radius 1 is 1.36 bits per heavy atom. The summed E-state index contributed by atoms with van der Waals surface area (Å²) in [6.45, 7) is 0.664. The maximum atomic E-state index is 12.6. The fraction of sp³-hybridized carbons (Fsp3) is 0.400. The van der Waals surface area contributed by atoms with Crippen LogP contribution < -0.4 is 10.9 Å². The van der Waals surface area contributed by atoms with Crippen LogP contribution in [0.5, 0.6) is 0 Å². The van der Waals surface area contributed by atoms with Gasteiger partial charge in [0.25, 0.3) is 5.56 Å². The zero-order valence-corrected chi connectivity index (χ0v) is 14.7. The van der Waals surface area contributed by atoms with Gasteiger partial charge in [-0.05, 0) is 31.2 Å². The van der Waals surface area contributed by atoms with Crippen LogP contribution in [0.15, 0.2) is 29.3 Å². The van der Waals surface area contributed by atoms with Gasteiger partial charge in [-0.3, -0.25) is 4.79 Å². The second-order valence-corrected chi connectivity index (χ2v) is 7.38. The lowest BCUT2D eigenvalue weighted by Gasteiger charge is -2.15. The van der Waals surface area contributed by atoms with Gasteiger partial charge in [0.2, 0.25) is 0 Å². The molecule has 10 heteroatoms. The van der Waals surface area contributed by atoms with Crippen LogP contribution in [0.4, 0.5) is 18.9 Å². The van der Waals surface area contributed by atoms with E-state index in [0.29, 0.717) is 18.4 Å². The molecule has 1 aliphatic rings. The van der Waals surface area contributed by atoms with Crippen LogP contribution in [-0.4, -0.2) is 32.3 Å². The molecule has 0 spiro atoms. The van der Waals surface area contributed by atoms with Gasteiger partial charge in [0.05, 0.1) is 17.4 Å². The van der Waals surface area contributed by atoms with E-state index in [9.17, 15) is 18.0 Å². The number of anilines is 1. The molecule has 1 aliphatic carbocycles. The predicted molar refractivity (Wildman–Crippen MR) is 91.6 cm³/mol. The lowest BCUT2D eigenvalue weighted by molar-refractivity contribution is -0.137. The molecule has 134 valence electrons. The first-order valence-electron chi connectivity index (χ1n) is 7.36. The van der Waals surface area contributed by atoms with E-state index in [1.165, 1.54) is 6.20 Å². The highest BCUT2D eigenvalue weighted by molar-refractivity contribution is 8.00. The number of halogens is 4. The molecule has 1 N–H and O–H groups in total. The number of hydrogen-bond acceptors (Lipinski definition) is 5. The maximum Gasteiger partial charge on any atom is 0.417 e. The van der Waals surface area contributed by atoms with Gasteiger partial charge in [0.15, 0.2) is 5.82 Å². The SMILES string of the molecule is CSC1(CNc2cnn(-c3ccc(C(F)(F)F)cn3)c(=O)c2Cl)CC1. The van der Waals surface area contributed by atoms with Gasteiger partial charge in [0.1, 0.15) is 5.02 Å². The molecule has 1 saturated carbocycles. The van der Waals surface area contributed by atoms with E-state index in [1.807, 2.05) is 6.26 Å². The molecule has 3 rings (SSSR count). The molecule has 2 aromatic rings. The third-order valence-corrected chi connectivity index (χ3v) is 5.84. The molecule has 2 heterocycles. The topological polar surface area (TPSA) is 59.8 Å². The summed E-state index contributed by atoms with van der Waals surface area (Å²) < 4.78 is 38.8. The largest absolute Gasteiger partial charge is 0.417 e. The number of alkyl halides is 3. The first kappa shape index (κ1) is 18.1. The summed E-state index contributed by atoms with van der Waals surface area (Å²) >= 11 is 7.85. The number of nitrogens with one attached hydrogen (secondary N) is 1. The Morgan fingerprint density at radius 3 is 2.60 bits per heavy atom. The second-order valence-electron chi connectivity index (χ2n) is 5.73. The van der Waals surface area contributed by atoms with Gasteiger partial charge < -0.3 is 5.32 Å². The Morgan fingerprint density at radius 2 is 2.08 bits per heavy atom. The van der Waals surface area contributed by atoms with E-state index >= 15 is 0 Å². The minimum Gasteiger partial charge on any atom is -0.381 e. The second kappa shape index (κ2) is 6.53. The number of aromatic nitrogens is 3. The summed E-state index contributed by atoms with van der Waals surface area (Å²) in [4.78, 5) is 16.0. The monoisotopic (exact) mass is 390 g/mol. The Labute approximate surface area is 150 Å². The lowest BCUT2D eigenvalue weighted by atomic mass is 10.3. The van der Waals surface area contributed by atoms with E-state index in [1.54, 1.807) is 11.8 Å². The van der Waals surface area contributed by atoms with Crippen LogP contribution in [0.3, 0.4) is 0 Å². The molecule has 0 aromatic carbocycles. The first-order chi connectivity index (χ1) is 11.8. The molecule has 5 nitrogen and oxygen atoms in total. The maximum absolute atomic E-state index is 12.6. The molecule has 0 aliphatic heterocycles.